The SMILES string of the molecule is Cc1nc(C(C)(C)c2ccccc2)sc1CNC(C)(C)C. The maximum atomic E-state index is 4.84. The molecular weight excluding hydrogens is 276 g/mol. The largest absolute Gasteiger partial charge is 0.307 e. The summed E-state index contributed by atoms with van der Waals surface area (Å²) >= 11 is 1.83. The quantitative estimate of drug-likeness (QED) is 0.888. The minimum Gasteiger partial charge on any atom is -0.307 e. The lowest BCUT2D eigenvalue weighted by Gasteiger charge is -2.22. The number of thiazole rings is 1. The van der Waals surface area contributed by atoms with Crippen molar-refractivity contribution in [3.63, 3.8) is 0 Å². The van der Waals surface area contributed by atoms with Crippen LogP contribution in [0.25, 0.3) is 0 Å². The van der Waals surface area contributed by atoms with Crippen molar-refractivity contribution in [3.8, 4) is 0 Å². The van der Waals surface area contributed by atoms with Gasteiger partial charge in [-0.05, 0) is 47.1 Å². The van der Waals surface area contributed by atoms with E-state index in [2.05, 4.69) is 77.2 Å². The zero-order chi connectivity index (χ0) is 15.7. The third-order valence-electron chi connectivity index (χ3n) is 3.70. The highest BCUT2D eigenvalue weighted by Gasteiger charge is 2.27. The molecule has 0 saturated carbocycles. The number of aryl methyl sites for hydroxylation is 1. The summed E-state index contributed by atoms with van der Waals surface area (Å²) in [5, 5.41) is 4.75. The standard InChI is InChI=1S/C18H26N2S/c1-13-15(12-19-17(2,3)4)21-16(20-13)18(5,6)14-10-8-7-9-11-14/h7-11,19H,12H2,1-6H3. The van der Waals surface area contributed by atoms with Gasteiger partial charge >= 0.3 is 0 Å². The Balaban J connectivity index is 2.25. The van der Waals surface area contributed by atoms with Gasteiger partial charge in [-0.1, -0.05) is 30.3 Å². The molecule has 0 fully saturated rings. The number of nitrogens with zero attached hydrogens (tertiary/aromatic N) is 1. The number of aromatic nitrogens is 1. The van der Waals surface area contributed by atoms with Gasteiger partial charge in [-0.3, -0.25) is 0 Å². The first-order valence-electron chi connectivity index (χ1n) is 7.47. The fraction of sp³-hybridized carbons (Fsp3) is 0.500. The van der Waals surface area contributed by atoms with Crippen molar-refractivity contribution in [1.82, 2.24) is 10.3 Å². The molecule has 0 spiro atoms. The Labute approximate surface area is 132 Å². The number of hydrogen-bond donors (Lipinski definition) is 1. The monoisotopic (exact) mass is 302 g/mol. The van der Waals surface area contributed by atoms with E-state index in [0.29, 0.717) is 0 Å². The van der Waals surface area contributed by atoms with Gasteiger partial charge in [0.1, 0.15) is 5.01 Å². The molecule has 0 unspecified atom stereocenters. The molecule has 2 nitrogen and oxygen atoms in total. The fourth-order valence-electron chi connectivity index (χ4n) is 2.18. The number of hydrogen-bond acceptors (Lipinski definition) is 3. The first kappa shape index (κ1) is 16.2. The van der Waals surface area contributed by atoms with E-state index in [9.17, 15) is 0 Å². The Bertz CT molecular complexity index is 591. The Morgan fingerprint density at radius 2 is 1.67 bits per heavy atom. The third kappa shape index (κ3) is 3.92. The predicted octanol–water partition coefficient (Wildman–Crippen LogP) is 4.67. The second-order valence-electron chi connectivity index (χ2n) is 7.12. The summed E-state index contributed by atoms with van der Waals surface area (Å²) in [6, 6.07) is 10.6. The van der Waals surface area contributed by atoms with Crippen molar-refractivity contribution in [1.29, 1.82) is 0 Å². The van der Waals surface area contributed by atoms with Crippen LogP contribution in [0.1, 0.15) is 55.8 Å². The van der Waals surface area contributed by atoms with Crippen LogP contribution >= 0.6 is 11.3 Å². The molecule has 114 valence electrons. The lowest BCUT2D eigenvalue weighted by molar-refractivity contribution is 0.425. The van der Waals surface area contributed by atoms with Gasteiger partial charge in [0, 0.05) is 22.4 Å². The van der Waals surface area contributed by atoms with Crippen molar-refractivity contribution in [3.05, 3.63) is 51.5 Å². The molecule has 0 amide bonds. The summed E-state index contributed by atoms with van der Waals surface area (Å²) in [5.41, 5.74) is 2.55. The molecule has 1 aromatic heterocycles. The van der Waals surface area contributed by atoms with Crippen LogP contribution in [0, 0.1) is 6.92 Å². The van der Waals surface area contributed by atoms with Crippen LogP contribution in [0.2, 0.25) is 0 Å². The molecule has 0 aliphatic carbocycles. The van der Waals surface area contributed by atoms with Crippen LogP contribution in [0.15, 0.2) is 30.3 Å². The zero-order valence-corrected chi connectivity index (χ0v) is 14.8. The molecule has 1 heterocycles. The van der Waals surface area contributed by atoms with E-state index in [-0.39, 0.29) is 11.0 Å². The van der Waals surface area contributed by atoms with Gasteiger partial charge in [0.15, 0.2) is 0 Å². The maximum Gasteiger partial charge on any atom is 0.103 e. The van der Waals surface area contributed by atoms with Crippen molar-refractivity contribution in [2.45, 2.75) is 59.0 Å². The average molecular weight is 302 g/mol. The molecule has 2 aromatic rings. The number of nitrogens with one attached hydrogen (secondary N) is 1. The molecule has 21 heavy (non-hydrogen) atoms. The van der Waals surface area contributed by atoms with Crippen LogP contribution in [-0.4, -0.2) is 10.5 Å². The summed E-state index contributed by atoms with van der Waals surface area (Å²) in [5.74, 6) is 0. The van der Waals surface area contributed by atoms with Gasteiger partial charge < -0.3 is 5.32 Å². The average Bonchev–Trinajstić information content (AvgIpc) is 2.79. The Morgan fingerprint density at radius 1 is 1.05 bits per heavy atom. The summed E-state index contributed by atoms with van der Waals surface area (Å²) in [6.07, 6.45) is 0. The molecule has 0 saturated heterocycles. The topological polar surface area (TPSA) is 24.9 Å². The Morgan fingerprint density at radius 3 is 2.24 bits per heavy atom. The second-order valence-corrected chi connectivity index (χ2v) is 8.21. The third-order valence-corrected chi connectivity index (χ3v) is 5.18. The Hall–Kier alpha value is -1.19. The molecule has 2 rings (SSSR count). The first-order valence-corrected chi connectivity index (χ1v) is 8.29. The number of rotatable bonds is 4. The van der Waals surface area contributed by atoms with Crippen molar-refractivity contribution < 1.29 is 0 Å². The Kier molecular flexibility index (Phi) is 4.54. The summed E-state index contributed by atoms with van der Waals surface area (Å²) in [4.78, 5) is 6.17. The predicted molar refractivity (Wildman–Crippen MR) is 92.0 cm³/mol. The van der Waals surface area contributed by atoms with Crippen LogP contribution in [0.3, 0.4) is 0 Å². The van der Waals surface area contributed by atoms with Crippen molar-refractivity contribution in [2.24, 2.45) is 0 Å². The second kappa shape index (κ2) is 5.90. The molecule has 0 bridgehead atoms. The van der Waals surface area contributed by atoms with Crippen molar-refractivity contribution in [2.75, 3.05) is 0 Å². The van der Waals surface area contributed by atoms with Gasteiger partial charge in [0.2, 0.25) is 0 Å². The highest BCUT2D eigenvalue weighted by Crippen LogP contribution is 2.35. The minimum absolute atomic E-state index is 0.0450. The molecule has 0 aliphatic rings. The van der Waals surface area contributed by atoms with E-state index in [0.717, 1.165) is 12.2 Å². The summed E-state index contributed by atoms with van der Waals surface area (Å²) in [7, 11) is 0. The number of benzene rings is 1. The van der Waals surface area contributed by atoms with Gasteiger partial charge in [-0.2, -0.15) is 0 Å². The highest BCUT2D eigenvalue weighted by molar-refractivity contribution is 7.11. The highest BCUT2D eigenvalue weighted by atomic mass is 32.1. The van der Waals surface area contributed by atoms with Gasteiger partial charge in [0.25, 0.3) is 0 Å². The molecular formula is C18H26N2S. The summed E-state index contributed by atoms with van der Waals surface area (Å²) < 4.78 is 0. The van der Waals surface area contributed by atoms with E-state index < -0.39 is 0 Å². The minimum atomic E-state index is -0.0450. The van der Waals surface area contributed by atoms with Gasteiger partial charge in [-0.25, -0.2) is 4.98 Å². The van der Waals surface area contributed by atoms with E-state index >= 15 is 0 Å². The van der Waals surface area contributed by atoms with Gasteiger partial charge in [0.05, 0.1) is 5.69 Å². The normalized spacial score (nSPS) is 12.7. The van der Waals surface area contributed by atoms with Gasteiger partial charge in [-0.15, -0.1) is 11.3 Å². The van der Waals surface area contributed by atoms with E-state index in [1.807, 2.05) is 11.3 Å². The molecule has 1 aromatic carbocycles. The zero-order valence-electron chi connectivity index (χ0n) is 13.9. The fourth-order valence-corrected chi connectivity index (χ4v) is 3.31. The molecule has 1 N–H and O–H groups in total. The first-order chi connectivity index (χ1) is 9.70. The molecule has 0 aliphatic heterocycles. The lowest BCUT2D eigenvalue weighted by Crippen LogP contribution is -2.34. The molecule has 0 atom stereocenters. The smallest absolute Gasteiger partial charge is 0.103 e. The van der Waals surface area contributed by atoms with Crippen molar-refractivity contribution >= 4 is 11.3 Å². The van der Waals surface area contributed by atoms with Crippen LogP contribution < -0.4 is 5.32 Å². The molecule has 0 radical (unpaired) electrons. The summed E-state index contributed by atoms with van der Waals surface area (Å²) in [6.45, 7) is 14.1. The van der Waals surface area contributed by atoms with E-state index in [4.69, 9.17) is 4.98 Å². The van der Waals surface area contributed by atoms with E-state index in [1.54, 1.807) is 0 Å². The van der Waals surface area contributed by atoms with Crippen LogP contribution in [-0.2, 0) is 12.0 Å². The maximum absolute atomic E-state index is 4.84. The lowest BCUT2D eigenvalue weighted by atomic mass is 9.85. The molecule has 3 heteroatoms. The van der Waals surface area contributed by atoms with E-state index in [1.165, 1.54) is 15.4 Å². The van der Waals surface area contributed by atoms with Crippen LogP contribution in [0.5, 0.6) is 0 Å². The van der Waals surface area contributed by atoms with Crippen LogP contribution in [0.4, 0.5) is 0 Å².